The summed E-state index contributed by atoms with van der Waals surface area (Å²) >= 11 is 0. The molecule has 0 aliphatic heterocycles. The third kappa shape index (κ3) is 10.6. The Morgan fingerprint density at radius 1 is 1.38 bits per heavy atom. The van der Waals surface area contributed by atoms with Crippen molar-refractivity contribution in [2.45, 2.75) is 38.8 Å². The molecule has 0 heterocycles. The SMILES string of the molecule is CCOC(CC[Si](C)(C)O)OC.[LiH]. The van der Waals surface area contributed by atoms with Crippen molar-refractivity contribution < 1.29 is 14.3 Å². The van der Waals surface area contributed by atoms with E-state index < -0.39 is 8.32 Å². The van der Waals surface area contributed by atoms with Crippen molar-refractivity contribution in [1.82, 2.24) is 0 Å². The van der Waals surface area contributed by atoms with E-state index in [1.54, 1.807) is 7.11 Å². The van der Waals surface area contributed by atoms with Gasteiger partial charge in [0.1, 0.15) is 0 Å². The molecule has 0 aliphatic carbocycles. The van der Waals surface area contributed by atoms with Gasteiger partial charge in [-0.2, -0.15) is 0 Å². The maximum atomic E-state index is 9.56. The van der Waals surface area contributed by atoms with Crippen molar-refractivity contribution in [2.75, 3.05) is 13.7 Å². The van der Waals surface area contributed by atoms with E-state index in [0.29, 0.717) is 6.61 Å². The van der Waals surface area contributed by atoms with E-state index in [4.69, 9.17) is 9.47 Å². The second kappa shape index (κ2) is 8.04. The second-order valence-electron chi connectivity index (χ2n) is 3.47. The Bertz CT molecular complexity index is 116. The van der Waals surface area contributed by atoms with Crippen molar-refractivity contribution in [2.24, 2.45) is 0 Å². The summed E-state index contributed by atoms with van der Waals surface area (Å²) in [7, 11) is -0.294. The van der Waals surface area contributed by atoms with Gasteiger partial charge in [0.05, 0.1) is 0 Å². The molecule has 0 bridgehead atoms. The standard InChI is InChI=1S/C8H20O3Si.Li.H/c1-5-11-8(10-2)6-7-12(3,4)9;;/h8-9H,5-7H2,1-4H3;;. The van der Waals surface area contributed by atoms with Gasteiger partial charge in [-0.25, -0.2) is 0 Å². The van der Waals surface area contributed by atoms with Gasteiger partial charge in [0.2, 0.25) is 0 Å². The van der Waals surface area contributed by atoms with Gasteiger partial charge in [0, 0.05) is 13.7 Å². The van der Waals surface area contributed by atoms with E-state index in [1.165, 1.54) is 0 Å². The van der Waals surface area contributed by atoms with Crippen LogP contribution < -0.4 is 0 Å². The molecule has 3 nitrogen and oxygen atoms in total. The van der Waals surface area contributed by atoms with Crippen LogP contribution in [0.5, 0.6) is 0 Å². The topological polar surface area (TPSA) is 38.7 Å². The van der Waals surface area contributed by atoms with Crippen LogP contribution in [0, 0.1) is 0 Å². The molecule has 0 fully saturated rings. The molecule has 0 saturated heterocycles. The van der Waals surface area contributed by atoms with E-state index in [2.05, 4.69) is 0 Å². The third-order valence-corrected chi connectivity index (χ3v) is 3.12. The van der Waals surface area contributed by atoms with Crippen molar-refractivity contribution in [3.8, 4) is 0 Å². The van der Waals surface area contributed by atoms with Gasteiger partial charge in [-0.05, 0) is 32.5 Å². The van der Waals surface area contributed by atoms with Crippen molar-refractivity contribution in [3.63, 3.8) is 0 Å². The maximum absolute atomic E-state index is 9.56. The summed E-state index contributed by atoms with van der Waals surface area (Å²) in [6.45, 7) is 6.44. The summed E-state index contributed by atoms with van der Waals surface area (Å²) < 4.78 is 10.4. The minimum atomic E-state index is -1.93. The molecular formula is C8H21LiO3Si. The second-order valence-corrected chi connectivity index (χ2v) is 7.60. The van der Waals surface area contributed by atoms with Gasteiger partial charge in [-0.1, -0.05) is 0 Å². The van der Waals surface area contributed by atoms with Crippen LogP contribution in [-0.2, 0) is 9.47 Å². The first kappa shape index (κ1) is 16.1. The molecule has 0 rings (SSSR count). The summed E-state index contributed by atoms with van der Waals surface area (Å²) in [4.78, 5) is 9.56. The summed E-state index contributed by atoms with van der Waals surface area (Å²) in [6.07, 6.45) is 0.647. The van der Waals surface area contributed by atoms with Crippen LogP contribution in [-0.4, -0.2) is 52.0 Å². The molecular weight excluding hydrogens is 179 g/mol. The fourth-order valence-corrected chi connectivity index (χ4v) is 1.87. The molecule has 0 amide bonds. The Morgan fingerprint density at radius 2 is 1.92 bits per heavy atom. The van der Waals surface area contributed by atoms with Gasteiger partial charge in [-0.3, -0.25) is 0 Å². The molecule has 0 radical (unpaired) electrons. The van der Waals surface area contributed by atoms with E-state index in [9.17, 15) is 4.80 Å². The van der Waals surface area contributed by atoms with Crippen molar-refractivity contribution >= 4 is 27.2 Å². The monoisotopic (exact) mass is 200 g/mol. The zero-order valence-electron chi connectivity index (χ0n) is 8.46. The number of hydrogen-bond donors (Lipinski definition) is 1. The Hall–Kier alpha value is 0.694. The first-order valence-corrected chi connectivity index (χ1v) is 7.52. The molecule has 1 unspecified atom stereocenters. The summed E-state index contributed by atoms with van der Waals surface area (Å²) in [5, 5.41) is 0. The van der Waals surface area contributed by atoms with E-state index in [0.717, 1.165) is 12.5 Å². The van der Waals surface area contributed by atoms with Crippen molar-refractivity contribution in [1.29, 1.82) is 0 Å². The van der Waals surface area contributed by atoms with Crippen LogP contribution in [0.2, 0.25) is 19.1 Å². The number of rotatable bonds is 6. The quantitative estimate of drug-likeness (QED) is 0.512. The molecule has 0 aromatic carbocycles. The first-order chi connectivity index (χ1) is 5.49. The van der Waals surface area contributed by atoms with Gasteiger partial charge >= 0.3 is 18.9 Å². The van der Waals surface area contributed by atoms with E-state index in [1.807, 2.05) is 20.0 Å². The Balaban J connectivity index is 0. The van der Waals surface area contributed by atoms with Crippen LogP contribution in [0.25, 0.3) is 0 Å². The number of methoxy groups -OCH3 is 1. The van der Waals surface area contributed by atoms with Gasteiger partial charge in [-0.15, -0.1) is 0 Å². The molecule has 1 atom stereocenters. The molecule has 0 aromatic heterocycles. The zero-order chi connectivity index (χ0) is 9.61. The van der Waals surface area contributed by atoms with Crippen LogP contribution >= 0.6 is 0 Å². The van der Waals surface area contributed by atoms with Gasteiger partial charge in [0.25, 0.3) is 0 Å². The first-order valence-electron chi connectivity index (χ1n) is 4.36. The molecule has 76 valence electrons. The molecule has 5 heteroatoms. The van der Waals surface area contributed by atoms with E-state index in [-0.39, 0.29) is 25.2 Å². The summed E-state index contributed by atoms with van der Waals surface area (Å²) in [6, 6.07) is 0.825. The van der Waals surface area contributed by atoms with Crippen LogP contribution in [0.3, 0.4) is 0 Å². The Kier molecular flexibility index (Phi) is 9.98. The number of ether oxygens (including phenoxy) is 2. The van der Waals surface area contributed by atoms with E-state index >= 15 is 0 Å². The molecule has 0 aromatic rings. The minimum absolute atomic E-state index is 0. The molecule has 0 spiro atoms. The Morgan fingerprint density at radius 3 is 2.23 bits per heavy atom. The third-order valence-electron chi connectivity index (χ3n) is 1.61. The molecule has 13 heavy (non-hydrogen) atoms. The van der Waals surface area contributed by atoms with Gasteiger partial charge < -0.3 is 14.3 Å². The molecule has 0 saturated carbocycles. The summed E-state index contributed by atoms with van der Waals surface area (Å²) in [5.41, 5.74) is 0. The van der Waals surface area contributed by atoms with Crippen molar-refractivity contribution in [3.05, 3.63) is 0 Å². The van der Waals surface area contributed by atoms with Gasteiger partial charge in [0.15, 0.2) is 14.6 Å². The molecule has 1 N–H and O–H groups in total. The Labute approximate surface area is 94.1 Å². The van der Waals surface area contributed by atoms with Crippen LogP contribution in [0.1, 0.15) is 13.3 Å². The number of hydrogen-bond acceptors (Lipinski definition) is 3. The van der Waals surface area contributed by atoms with Crippen LogP contribution in [0.15, 0.2) is 0 Å². The molecule has 0 aliphatic rings. The normalized spacial score (nSPS) is 13.6. The predicted molar refractivity (Wildman–Crippen MR) is 58.7 cm³/mol. The average Bonchev–Trinajstić information content (AvgIpc) is 1.96. The van der Waals surface area contributed by atoms with Crippen LogP contribution in [0.4, 0.5) is 0 Å². The fraction of sp³-hybridized carbons (Fsp3) is 1.00. The zero-order valence-corrected chi connectivity index (χ0v) is 9.46. The summed E-state index contributed by atoms with van der Waals surface area (Å²) in [5.74, 6) is 0. The average molecular weight is 200 g/mol. The fourth-order valence-electron chi connectivity index (χ4n) is 0.926. The predicted octanol–water partition coefficient (Wildman–Crippen LogP) is 0.934.